The lowest BCUT2D eigenvalue weighted by molar-refractivity contribution is 0.177. The van der Waals surface area contributed by atoms with Gasteiger partial charge in [-0.25, -0.2) is 0 Å². The molecule has 0 aliphatic carbocycles. The number of rotatable bonds is 5. The predicted octanol–water partition coefficient (Wildman–Crippen LogP) is 3.24. The van der Waals surface area contributed by atoms with Gasteiger partial charge in [0.15, 0.2) is 0 Å². The Bertz CT molecular complexity index is 564. The van der Waals surface area contributed by atoms with E-state index in [1.807, 2.05) is 37.4 Å². The van der Waals surface area contributed by atoms with Crippen LogP contribution in [0.3, 0.4) is 0 Å². The monoisotopic (exact) mass is 271 g/mol. The SMILES string of the molecule is CCc1ccc(CC(O)c2ccc(OC)c(C)c2)nc1. The summed E-state index contributed by atoms with van der Waals surface area (Å²) in [5.41, 5.74) is 4.04. The summed E-state index contributed by atoms with van der Waals surface area (Å²) in [5.74, 6) is 0.839. The molecule has 0 saturated carbocycles. The molecular formula is C17H21NO2. The maximum Gasteiger partial charge on any atom is 0.121 e. The van der Waals surface area contributed by atoms with Crippen LogP contribution in [0, 0.1) is 6.92 Å². The first-order chi connectivity index (χ1) is 9.63. The fraction of sp³-hybridized carbons (Fsp3) is 0.353. The van der Waals surface area contributed by atoms with Crippen molar-refractivity contribution in [1.29, 1.82) is 0 Å². The highest BCUT2D eigenvalue weighted by atomic mass is 16.5. The summed E-state index contributed by atoms with van der Waals surface area (Å²) in [6.45, 7) is 4.08. The van der Waals surface area contributed by atoms with Gasteiger partial charge in [-0.2, -0.15) is 0 Å². The van der Waals surface area contributed by atoms with Gasteiger partial charge in [0, 0.05) is 18.3 Å². The smallest absolute Gasteiger partial charge is 0.121 e. The standard InChI is InChI=1S/C17H21NO2/c1-4-13-5-7-15(18-11-13)10-16(19)14-6-8-17(20-3)12(2)9-14/h5-9,11,16,19H,4,10H2,1-3H3. The molecular weight excluding hydrogens is 250 g/mol. The summed E-state index contributed by atoms with van der Waals surface area (Å²) in [6.07, 6.45) is 2.84. The zero-order valence-corrected chi connectivity index (χ0v) is 12.3. The van der Waals surface area contributed by atoms with Crippen LogP contribution in [-0.4, -0.2) is 17.2 Å². The van der Waals surface area contributed by atoms with Crippen LogP contribution in [0.15, 0.2) is 36.5 Å². The molecule has 0 saturated heterocycles. The predicted molar refractivity (Wildman–Crippen MR) is 80.0 cm³/mol. The van der Waals surface area contributed by atoms with E-state index < -0.39 is 6.10 Å². The molecule has 3 nitrogen and oxygen atoms in total. The average molecular weight is 271 g/mol. The van der Waals surface area contributed by atoms with Crippen LogP contribution < -0.4 is 4.74 Å². The number of aryl methyl sites for hydroxylation is 2. The van der Waals surface area contributed by atoms with Gasteiger partial charge in [0.2, 0.25) is 0 Å². The summed E-state index contributed by atoms with van der Waals surface area (Å²) >= 11 is 0. The van der Waals surface area contributed by atoms with E-state index in [1.165, 1.54) is 5.56 Å². The van der Waals surface area contributed by atoms with Crippen molar-refractivity contribution < 1.29 is 9.84 Å². The molecule has 1 aromatic heterocycles. The van der Waals surface area contributed by atoms with Crippen LogP contribution in [0.1, 0.15) is 35.4 Å². The largest absolute Gasteiger partial charge is 0.496 e. The fourth-order valence-corrected chi connectivity index (χ4v) is 2.21. The third-order valence-corrected chi connectivity index (χ3v) is 3.50. The highest BCUT2D eigenvalue weighted by Gasteiger charge is 2.11. The number of nitrogens with zero attached hydrogens (tertiary/aromatic N) is 1. The molecule has 0 radical (unpaired) electrons. The normalized spacial score (nSPS) is 12.2. The zero-order valence-electron chi connectivity index (χ0n) is 12.3. The summed E-state index contributed by atoms with van der Waals surface area (Å²) in [5, 5.41) is 10.3. The number of aliphatic hydroxyl groups is 1. The molecule has 106 valence electrons. The van der Waals surface area contributed by atoms with Gasteiger partial charge in [0.05, 0.1) is 13.2 Å². The maximum absolute atomic E-state index is 10.3. The van der Waals surface area contributed by atoms with Crippen molar-refractivity contribution in [1.82, 2.24) is 4.98 Å². The first-order valence-corrected chi connectivity index (χ1v) is 6.90. The van der Waals surface area contributed by atoms with Crippen molar-refractivity contribution in [2.75, 3.05) is 7.11 Å². The first kappa shape index (κ1) is 14.5. The summed E-state index contributed by atoms with van der Waals surface area (Å²) in [7, 11) is 1.65. The molecule has 0 amide bonds. The van der Waals surface area contributed by atoms with Gasteiger partial charge >= 0.3 is 0 Å². The second kappa shape index (κ2) is 6.53. The molecule has 0 bridgehead atoms. The van der Waals surface area contributed by atoms with Gasteiger partial charge in [-0.05, 0) is 48.2 Å². The molecule has 0 aliphatic heterocycles. The number of pyridine rings is 1. The van der Waals surface area contributed by atoms with Crippen molar-refractivity contribution >= 4 is 0 Å². The van der Waals surface area contributed by atoms with Crippen molar-refractivity contribution in [3.8, 4) is 5.75 Å². The van der Waals surface area contributed by atoms with E-state index in [4.69, 9.17) is 4.74 Å². The summed E-state index contributed by atoms with van der Waals surface area (Å²) < 4.78 is 5.23. The van der Waals surface area contributed by atoms with E-state index in [0.29, 0.717) is 6.42 Å². The number of hydrogen-bond donors (Lipinski definition) is 1. The van der Waals surface area contributed by atoms with E-state index >= 15 is 0 Å². The Morgan fingerprint density at radius 3 is 2.60 bits per heavy atom. The van der Waals surface area contributed by atoms with Gasteiger partial charge in [-0.1, -0.05) is 19.1 Å². The minimum absolute atomic E-state index is 0.524. The molecule has 1 heterocycles. The second-order valence-corrected chi connectivity index (χ2v) is 4.96. The van der Waals surface area contributed by atoms with Gasteiger partial charge in [0.25, 0.3) is 0 Å². The Hall–Kier alpha value is -1.87. The molecule has 0 aliphatic rings. The van der Waals surface area contributed by atoms with E-state index in [1.54, 1.807) is 7.11 Å². The van der Waals surface area contributed by atoms with E-state index in [9.17, 15) is 5.11 Å². The number of benzene rings is 1. The van der Waals surface area contributed by atoms with Crippen molar-refractivity contribution in [3.63, 3.8) is 0 Å². The molecule has 0 fully saturated rings. The van der Waals surface area contributed by atoms with Crippen LogP contribution in [-0.2, 0) is 12.8 Å². The number of ether oxygens (including phenoxy) is 1. The lowest BCUT2D eigenvalue weighted by Crippen LogP contribution is -2.04. The highest BCUT2D eigenvalue weighted by molar-refractivity contribution is 5.37. The average Bonchev–Trinajstić information content (AvgIpc) is 2.48. The lowest BCUT2D eigenvalue weighted by Gasteiger charge is -2.13. The number of methoxy groups -OCH3 is 1. The van der Waals surface area contributed by atoms with E-state index in [-0.39, 0.29) is 0 Å². The van der Waals surface area contributed by atoms with Crippen molar-refractivity contribution in [3.05, 3.63) is 58.9 Å². The fourth-order valence-electron chi connectivity index (χ4n) is 2.21. The Morgan fingerprint density at radius 1 is 1.25 bits per heavy atom. The molecule has 1 unspecified atom stereocenters. The van der Waals surface area contributed by atoms with Gasteiger partial charge < -0.3 is 9.84 Å². The summed E-state index contributed by atoms with van der Waals surface area (Å²) in [6, 6.07) is 9.80. The third-order valence-electron chi connectivity index (χ3n) is 3.50. The van der Waals surface area contributed by atoms with Gasteiger partial charge in [0.1, 0.15) is 5.75 Å². The quantitative estimate of drug-likeness (QED) is 0.907. The zero-order chi connectivity index (χ0) is 14.5. The number of aromatic nitrogens is 1. The first-order valence-electron chi connectivity index (χ1n) is 6.90. The van der Waals surface area contributed by atoms with Crippen LogP contribution in [0.25, 0.3) is 0 Å². The Kier molecular flexibility index (Phi) is 4.74. The third kappa shape index (κ3) is 3.36. The molecule has 2 rings (SSSR count). The molecule has 3 heteroatoms. The minimum atomic E-state index is -0.542. The van der Waals surface area contributed by atoms with E-state index in [0.717, 1.165) is 29.0 Å². The van der Waals surface area contributed by atoms with Crippen molar-refractivity contribution in [2.45, 2.75) is 32.8 Å². The minimum Gasteiger partial charge on any atom is -0.496 e. The molecule has 2 aromatic rings. The molecule has 1 aromatic carbocycles. The maximum atomic E-state index is 10.3. The molecule has 20 heavy (non-hydrogen) atoms. The van der Waals surface area contributed by atoms with Crippen LogP contribution in [0.2, 0.25) is 0 Å². The van der Waals surface area contributed by atoms with Crippen LogP contribution in [0.4, 0.5) is 0 Å². The second-order valence-electron chi connectivity index (χ2n) is 4.96. The van der Waals surface area contributed by atoms with Gasteiger partial charge in [-0.15, -0.1) is 0 Å². The lowest BCUT2D eigenvalue weighted by atomic mass is 10.0. The van der Waals surface area contributed by atoms with E-state index in [2.05, 4.69) is 18.0 Å². The molecule has 1 atom stereocenters. The van der Waals surface area contributed by atoms with Crippen LogP contribution >= 0.6 is 0 Å². The Morgan fingerprint density at radius 2 is 2.05 bits per heavy atom. The topological polar surface area (TPSA) is 42.4 Å². The molecule has 0 spiro atoms. The van der Waals surface area contributed by atoms with Crippen molar-refractivity contribution in [2.24, 2.45) is 0 Å². The number of aliphatic hydroxyl groups excluding tert-OH is 1. The van der Waals surface area contributed by atoms with Crippen LogP contribution in [0.5, 0.6) is 5.75 Å². The van der Waals surface area contributed by atoms with Gasteiger partial charge in [-0.3, -0.25) is 4.98 Å². The Labute approximate surface area is 120 Å². The number of hydrogen-bond acceptors (Lipinski definition) is 3. The summed E-state index contributed by atoms with van der Waals surface area (Å²) in [4.78, 5) is 4.39. The Balaban J connectivity index is 2.10. The highest BCUT2D eigenvalue weighted by Crippen LogP contribution is 2.24. The molecule has 1 N–H and O–H groups in total.